The number of ether oxygens (including phenoxy) is 1. The number of benzene rings is 4. The van der Waals surface area contributed by atoms with Gasteiger partial charge in [-0.2, -0.15) is 5.26 Å². The number of nitrogen functional groups attached to an aromatic ring is 1. The molecule has 0 fully saturated rings. The van der Waals surface area contributed by atoms with Crippen LogP contribution in [0.2, 0.25) is 0 Å². The SMILES string of the molecule is COc1cc(C2Nc3ccc(C(=N)N)cc3C3c4ccccc4CC23)c(-c2ccc(C#N)cc2)cc1O. The van der Waals surface area contributed by atoms with Crippen molar-refractivity contribution in [3.8, 4) is 28.7 Å². The van der Waals surface area contributed by atoms with Gasteiger partial charge in [0.05, 0.1) is 24.8 Å². The molecular weight excluding hydrogens is 460 g/mol. The van der Waals surface area contributed by atoms with Gasteiger partial charge < -0.3 is 20.9 Å². The zero-order valence-corrected chi connectivity index (χ0v) is 20.3. The van der Waals surface area contributed by atoms with Crippen LogP contribution in [0, 0.1) is 22.7 Å². The lowest BCUT2D eigenvalue weighted by Gasteiger charge is -2.39. The fourth-order valence-corrected chi connectivity index (χ4v) is 6.02. The molecule has 0 amide bonds. The molecule has 37 heavy (non-hydrogen) atoms. The lowest BCUT2D eigenvalue weighted by molar-refractivity contribution is 0.370. The number of nitrogens with zero attached hydrogens (tertiary/aromatic N) is 1. The van der Waals surface area contributed by atoms with E-state index in [-0.39, 0.29) is 29.5 Å². The molecule has 6 rings (SSSR count). The number of hydrogen-bond acceptors (Lipinski definition) is 5. The fraction of sp³-hybridized carbons (Fsp3) is 0.161. The molecule has 0 saturated carbocycles. The number of anilines is 1. The van der Waals surface area contributed by atoms with Gasteiger partial charge in [-0.05, 0) is 88.2 Å². The number of fused-ring (bicyclic) bond motifs is 5. The van der Waals surface area contributed by atoms with Crippen LogP contribution in [-0.4, -0.2) is 18.1 Å². The van der Waals surface area contributed by atoms with E-state index in [0.29, 0.717) is 16.9 Å². The number of aromatic hydroxyl groups is 1. The highest BCUT2D eigenvalue weighted by Crippen LogP contribution is 2.55. The summed E-state index contributed by atoms with van der Waals surface area (Å²) in [5.74, 6) is 0.862. The Morgan fingerprint density at radius 3 is 2.54 bits per heavy atom. The maximum Gasteiger partial charge on any atom is 0.160 e. The topological polar surface area (TPSA) is 115 Å². The molecule has 1 aliphatic heterocycles. The van der Waals surface area contributed by atoms with Gasteiger partial charge in [0.25, 0.3) is 0 Å². The smallest absolute Gasteiger partial charge is 0.160 e. The highest BCUT2D eigenvalue weighted by Gasteiger charge is 2.44. The number of amidine groups is 1. The molecule has 182 valence electrons. The minimum Gasteiger partial charge on any atom is -0.504 e. The minimum atomic E-state index is -0.0757. The third-order valence-electron chi connectivity index (χ3n) is 7.72. The Bertz CT molecular complexity index is 1590. The largest absolute Gasteiger partial charge is 0.504 e. The number of nitrogens with one attached hydrogen (secondary N) is 2. The number of phenolic OH excluding ortho intramolecular Hbond substituents is 1. The van der Waals surface area contributed by atoms with Crippen LogP contribution in [-0.2, 0) is 6.42 Å². The normalized spacial score (nSPS) is 19.1. The molecule has 4 aromatic rings. The molecule has 1 aliphatic carbocycles. The Hall–Kier alpha value is -4.76. The molecule has 3 unspecified atom stereocenters. The number of phenols is 1. The van der Waals surface area contributed by atoms with E-state index in [1.54, 1.807) is 25.3 Å². The summed E-state index contributed by atoms with van der Waals surface area (Å²) >= 11 is 0. The van der Waals surface area contributed by atoms with Gasteiger partial charge in [-0.1, -0.05) is 36.4 Å². The summed E-state index contributed by atoms with van der Waals surface area (Å²) in [7, 11) is 1.56. The van der Waals surface area contributed by atoms with Gasteiger partial charge in [0.1, 0.15) is 5.84 Å². The van der Waals surface area contributed by atoms with Gasteiger partial charge in [0.15, 0.2) is 11.5 Å². The van der Waals surface area contributed by atoms with E-state index in [1.807, 2.05) is 36.4 Å². The summed E-state index contributed by atoms with van der Waals surface area (Å²) in [6.45, 7) is 0. The average molecular weight is 487 g/mol. The third kappa shape index (κ3) is 3.68. The van der Waals surface area contributed by atoms with Crippen molar-refractivity contribution in [1.29, 1.82) is 10.7 Å². The molecule has 0 spiro atoms. The molecule has 4 aromatic carbocycles. The molecule has 0 bridgehead atoms. The fourth-order valence-electron chi connectivity index (χ4n) is 6.02. The van der Waals surface area contributed by atoms with Gasteiger partial charge in [-0.3, -0.25) is 5.41 Å². The van der Waals surface area contributed by atoms with Crippen molar-refractivity contribution in [2.24, 2.45) is 11.7 Å². The average Bonchev–Trinajstić information content (AvgIpc) is 3.32. The molecule has 2 aliphatic rings. The zero-order chi connectivity index (χ0) is 25.7. The number of nitrogens with two attached hydrogens (primary N) is 1. The molecule has 0 saturated heterocycles. The Balaban J connectivity index is 1.56. The van der Waals surface area contributed by atoms with Crippen LogP contribution in [0.1, 0.15) is 45.3 Å². The summed E-state index contributed by atoms with van der Waals surface area (Å²) in [6, 6.07) is 27.7. The second-order valence-corrected chi connectivity index (χ2v) is 9.68. The van der Waals surface area contributed by atoms with Crippen molar-refractivity contribution in [1.82, 2.24) is 0 Å². The van der Waals surface area contributed by atoms with Crippen molar-refractivity contribution in [2.45, 2.75) is 18.4 Å². The molecule has 6 heteroatoms. The van der Waals surface area contributed by atoms with Crippen LogP contribution >= 0.6 is 0 Å². The maximum atomic E-state index is 10.7. The predicted octanol–water partition coefficient (Wildman–Crippen LogP) is 5.69. The van der Waals surface area contributed by atoms with Crippen LogP contribution in [0.5, 0.6) is 11.5 Å². The van der Waals surface area contributed by atoms with E-state index < -0.39 is 0 Å². The Morgan fingerprint density at radius 2 is 1.81 bits per heavy atom. The van der Waals surface area contributed by atoms with Gasteiger partial charge in [0.2, 0.25) is 0 Å². The molecule has 0 aromatic heterocycles. The van der Waals surface area contributed by atoms with Crippen molar-refractivity contribution in [2.75, 3.05) is 12.4 Å². The first-order chi connectivity index (χ1) is 18.0. The van der Waals surface area contributed by atoms with Crippen LogP contribution < -0.4 is 15.8 Å². The first-order valence-corrected chi connectivity index (χ1v) is 12.2. The van der Waals surface area contributed by atoms with Crippen molar-refractivity contribution >= 4 is 11.5 Å². The summed E-state index contributed by atoms with van der Waals surface area (Å²) in [6.07, 6.45) is 0.887. The Morgan fingerprint density at radius 1 is 1.03 bits per heavy atom. The highest BCUT2D eigenvalue weighted by molar-refractivity contribution is 5.96. The maximum absolute atomic E-state index is 10.7. The summed E-state index contributed by atoms with van der Waals surface area (Å²) in [4.78, 5) is 0. The summed E-state index contributed by atoms with van der Waals surface area (Å²) in [5.41, 5.74) is 14.7. The number of nitriles is 1. The molecule has 0 radical (unpaired) electrons. The lowest BCUT2D eigenvalue weighted by atomic mass is 9.74. The Labute approximate surface area is 215 Å². The quantitative estimate of drug-likeness (QED) is 0.218. The van der Waals surface area contributed by atoms with Crippen LogP contribution in [0.3, 0.4) is 0 Å². The van der Waals surface area contributed by atoms with E-state index in [2.05, 4.69) is 35.7 Å². The second kappa shape index (κ2) is 8.72. The highest BCUT2D eigenvalue weighted by atomic mass is 16.5. The predicted molar refractivity (Wildman–Crippen MR) is 144 cm³/mol. The van der Waals surface area contributed by atoms with Crippen LogP contribution in [0.4, 0.5) is 5.69 Å². The lowest BCUT2D eigenvalue weighted by Crippen LogP contribution is -2.31. The van der Waals surface area contributed by atoms with Gasteiger partial charge in [-0.15, -0.1) is 0 Å². The number of methoxy groups -OCH3 is 1. The van der Waals surface area contributed by atoms with Crippen LogP contribution in [0.15, 0.2) is 78.9 Å². The van der Waals surface area contributed by atoms with E-state index in [1.165, 1.54) is 11.1 Å². The Kier molecular flexibility index (Phi) is 5.35. The van der Waals surface area contributed by atoms with E-state index in [0.717, 1.165) is 34.4 Å². The van der Waals surface area contributed by atoms with Crippen molar-refractivity contribution < 1.29 is 9.84 Å². The van der Waals surface area contributed by atoms with Gasteiger partial charge in [0, 0.05) is 17.2 Å². The summed E-state index contributed by atoms with van der Waals surface area (Å²) < 4.78 is 5.53. The first kappa shape index (κ1) is 22.7. The van der Waals surface area contributed by atoms with Crippen molar-refractivity contribution in [3.05, 3.63) is 112 Å². The standard InChI is InChI=1S/C31H26N4O2/c1-37-28-15-23(22(14-27(28)36)18-8-6-17(16-32)7-9-18)30-25-12-19-4-2-3-5-21(19)29(25)24-13-20(31(33)34)10-11-26(24)35-30/h2-11,13-15,25,29-30,35-36H,12H2,1H3,(H3,33,34). The monoisotopic (exact) mass is 486 g/mol. The number of hydrogen-bond donors (Lipinski definition) is 4. The zero-order valence-electron chi connectivity index (χ0n) is 20.3. The third-order valence-corrected chi connectivity index (χ3v) is 7.72. The first-order valence-electron chi connectivity index (χ1n) is 12.2. The minimum absolute atomic E-state index is 0.0547. The van der Waals surface area contributed by atoms with E-state index in [9.17, 15) is 10.4 Å². The molecule has 1 heterocycles. The van der Waals surface area contributed by atoms with E-state index >= 15 is 0 Å². The van der Waals surface area contributed by atoms with Gasteiger partial charge in [-0.25, -0.2) is 0 Å². The summed E-state index contributed by atoms with van der Waals surface area (Å²) in [5, 5.41) is 31.7. The molecule has 5 N–H and O–H groups in total. The molecule has 3 atom stereocenters. The van der Waals surface area contributed by atoms with E-state index in [4.69, 9.17) is 15.9 Å². The van der Waals surface area contributed by atoms with Crippen molar-refractivity contribution in [3.63, 3.8) is 0 Å². The molecular formula is C31H26N4O2. The van der Waals surface area contributed by atoms with Gasteiger partial charge >= 0.3 is 0 Å². The second-order valence-electron chi connectivity index (χ2n) is 9.68. The molecule has 6 nitrogen and oxygen atoms in total. The van der Waals surface area contributed by atoms with Crippen LogP contribution in [0.25, 0.3) is 11.1 Å². The number of rotatable bonds is 4.